The quantitative estimate of drug-likeness (QED) is 0.765. The Morgan fingerprint density at radius 1 is 1.05 bits per heavy atom. The molecule has 1 aliphatic rings. The van der Waals surface area contributed by atoms with Crippen LogP contribution in [0.1, 0.15) is 52.0 Å². The zero-order valence-corrected chi connectivity index (χ0v) is 13.5. The number of hydrogen-bond donors (Lipinski definition) is 0. The molecular formula is C18H27NO. The van der Waals surface area contributed by atoms with Crippen LogP contribution in [0.2, 0.25) is 0 Å². The lowest BCUT2D eigenvalue weighted by atomic mass is 9.95. The van der Waals surface area contributed by atoms with Gasteiger partial charge in [0, 0.05) is 17.6 Å². The minimum Gasteiger partial charge on any atom is -0.499 e. The summed E-state index contributed by atoms with van der Waals surface area (Å²) in [4.78, 5) is 2.47. The molecule has 0 aromatic heterocycles. The molecule has 0 aliphatic heterocycles. The van der Waals surface area contributed by atoms with E-state index in [0.717, 1.165) is 18.6 Å². The van der Waals surface area contributed by atoms with E-state index in [2.05, 4.69) is 56.9 Å². The first-order valence-corrected chi connectivity index (χ1v) is 7.57. The fraction of sp³-hybridized carbons (Fsp3) is 0.556. The summed E-state index contributed by atoms with van der Waals surface area (Å²) >= 11 is 0. The molecule has 0 amide bonds. The molecule has 0 saturated heterocycles. The zero-order chi connectivity index (χ0) is 14.8. The van der Waals surface area contributed by atoms with Gasteiger partial charge in [0.25, 0.3) is 0 Å². The van der Waals surface area contributed by atoms with Crippen molar-refractivity contribution >= 4 is 5.69 Å². The van der Waals surface area contributed by atoms with E-state index in [9.17, 15) is 0 Å². The SMILES string of the molecule is COC1=C(N(c2ccccc2C)C(C)(C)C)CCCC1. The topological polar surface area (TPSA) is 12.5 Å². The normalized spacial score (nSPS) is 16.2. The van der Waals surface area contributed by atoms with Crippen molar-refractivity contribution in [2.75, 3.05) is 12.0 Å². The lowest BCUT2D eigenvalue weighted by molar-refractivity contribution is 0.256. The van der Waals surface area contributed by atoms with Gasteiger partial charge in [0.2, 0.25) is 0 Å². The third-order valence-electron chi connectivity index (χ3n) is 3.93. The molecule has 0 saturated carbocycles. The van der Waals surface area contributed by atoms with Crippen molar-refractivity contribution < 1.29 is 4.74 Å². The minimum absolute atomic E-state index is 0.0442. The second kappa shape index (κ2) is 5.90. The van der Waals surface area contributed by atoms with E-state index >= 15 is 0 Å². The molecule has 1 aliphatic carbocycles. The van der Waals surface area contributed by atoms with Gasteiger partial charge >= 0.3 is 0 Å². The summed E-state index contributed by atoms with van der Waals surface area (Å²) in [5, 5.41) is 0. The van der Waals surface area contributed by atoms with Crippen LogP contribution in [0.25, 0.3) is 0 Å². The van der Waals surface area contributed by atoms with Crippen LogP contribution in [-0.4, -0.2) is 12.6 Å². The number of rotatable bonds is 3. The smallest absolute Gasteiger partial charge is 0.115 e. The van der Waals surface area contributed by atoms with Crippen LogP contribution < -0.4 is 4.90 Å². The third-order valence-corrected chi connectivity index (χ3v) is 3.93. The molecule has 0 heterocycles. The molecule has 2 rings (SSSR count). The summed E-state index contributed by atoms with van der Waals surface area (Å²) in [6.07, 6.45) is 4.65. The molecule has 0 atom stereocenters. The molecule has 0 N–H and O–H groups in total. The van der Waals surface area contributed by atoms with E-state index in [-0.39, 0.29) is 5.54 Å². The average molecular weight is 273 g/mol. The highest BCUT2D eigenvalue weighted by Gasteiger charge is 2.29. The summed E-state index contributed by atoms with van der Waals surface area (Å²) in [6.45, 7) is 9.00. The molecule has 1 aromatic rings. The Morgan fingerprint density at radius 3 is 2.30 bits per heavy atom. The van der Waals surface area contributed by atoms with Gasteiger partial charge in [-0.15, -0.1) is 0 Å². The summed E-state index contributed by atoms with van der Waals surface area (Å²) in [5.74, 6) is 1.16. The lowest BCUT2D eigenvalue weighted by Crippen LogP contribution is -2.42. The Morgan fingerprint density at radius 2 is 1.70 bits per heavy atom. The first-order valence-electron chi connectivity index (χ1n) is 7.57. The number of hydrogen-bond acceptors (Lipinski definition) is 2. The molecule has 20 heavy (non-hydrogen) atoms. The fourth-order valence-electron chi connectivity index (χ4n) is 3.04. The fourth-order valence-corrected chi connectivity index (χ4v) is 3.04. The van der Waals surface area contributed by atoms with Crippen molar-refractivity contribution in [1.29, 1.82) is 0 Å². The van der Waals surface area contributed by atoms with E-state index in [1.807, 2.05) is 0 Å². The van der Waals surface area contributed by atoms with E-state index in [1.165, 1.54) is 29.8 Å². The van der Waals surface area contributed by atoms with Gasteiger partial charge in [-0.1, -0.05) is 18.2 Å². The predicted octanol–water partition coefficient (Wildman–Crippen LogP) is 5.03. The van der Waals surface area contributed by atoms with E-state index < -0.39 is 0 Å². The van der Waals surface area contributed by atoms with Gasteiger partial charge in [0.15, 0.2) is 0 Å². The van der Waals surface area contributed by atoms with Crippen LogP contribution in [0.4, 0.5) is 5.69 Å². The highest BCUT2D eigenvalue weighted by atomic mass is 16.5. The molecule has 0 bridgehead atoms. The van der Waals surface area contributed by atoms with Gasteiger partial charge < -0.3 is 9.64 Å². The van der Waals surface area contributed by atoms with E-state index in [4.69, 9.17) is 4.74 Å². The van der Waals surface area contributed by atoms with E-state index in [0.29, 0.717) is 0 Å². The largest absolute Gasteiger partial charge is 0.499 e. The second-order valence-electron chi connectivity index (χ2n) is 6.57. The van der Waals surface area contributed by atoms with Crippen molar-refractivity contribution in [1.82, 2.24) is 0 Å². The van der Waals surface area contributed by atoms with Crippen LogP contribution in [0.3, 0.4) is 0 Å². The van der Waals surface area contributed by atoms with Crippen molar-refractivity contribution in [3.8, 4) is 0 Å². The standard InChI is InChI=1S/C18H27NO/c1-14-10-6-7-11-15(14)19(18(2,3)4)16-12-8-9-13-17(16)20-5/h6-7,10-11H,8-9,12-13H2,1-5H3. The number of aryl methyl sites for hydroxylation is 1. The van der Waals surface area contributed by atoms with Gasteiger partial charge in [-0.3, -0.25) is 0 Å². The zero-order valence-electron chi connectivity index (χ0n) is 13.5. The van der Waals surface area contributed by atoms with Crippen molar-refractivity contribution in [3.63, 3.8) is 0 Å². The number of ether oxygens (including phenoxy) is 1. The maximum absolute atomic E-state index is 5.68. The molecular weight excluding hydrogens is 246 g/mol. The van der Waals surface area contributed by atoms with E-state index in [1.54, 1.807) is 7.11 Å². The van der Waals surface area contributed by atoms with Crippen LogP contribution in [0, 0.1) is 6.92 Å². The number of methoxy groups -OCH3 is 1. The monoisotopic (exact) mass is 273 g/mol. The maximum Gasteiger partial charge on any atom is 0.115 e. The molecule has 0 unspecified atom stereocenters. The molecule has 0 fully saturated rings. The Bertz CT molecular complexity index is 496. The predicted molar refractivity (Wildman–Crippen MR) is 85.9 cm³/mol. The van der Waals surface area contributed by atoms with Crippen LogP contribution >= 0.6 is 0 Å². The highest BCUT2D eigenvalue weighted by Crippen LogP contribution is 2.37. The summed E-state index contributed by atoms with van der Waals surface area (Å²) in [5.41, 5.74) is 4.02. The Hall–Kier alpha value is -1.44. The first-order chi connectivity index (χ1) is 9.45. The highest BCUT2D eigenvalue weighted by molar-refractivity contribution is 5.60. The van der Waals surface area contributed by atoms with Crippen LogP contribution in [-0.2, 0) is 4.74 Å². The average Bonchev–Trinajstić information content (AvgIpc) is 2.40. The number of nitrogens with zero attached hydrogens (tertiary/aromatic N) is 1. The first kappa shape index (κ1) is 15.0. The Kier molecular flexibility index (Phi) is 4.42. The Labute approximate surface area is 123 Å². The number of allylic oxidation sites excluding steroid dienone is 2. The van der Waals surface area contributed by atoms with Crippen molar-refractivity contribution in [3.05, 3.63) is 41.3 Å². The Balaban J connectivity index is 2.54. The van der Waals surface area contributed by atoms with Crippen LogP contribution in [0.5, 0.6) is 0 Å². The molecule has 0 spiro atoms. The minimum atomic E-state index is 0.0442. The third kappa shape index (κ3) is 3.00. The van der Waals surface area contributed by atoms with Crippen molar-refractivity contribution in [2.24, 2.45) is 0 Å². The maximum atomic E-state index is 5.68. The molecule has 2 nitrogen and oxygen atoms in total. The van der Waals surface area contributed by atoms with Gasteiger partial charge in [0.05, 0.1) is 12.8 Å². The summed E-state index contributed by atoms with van der Waals surface area (Å²) < 4.78 is 5.68. The van der Waals surface area contributed by atoms with Gasteiger partial charge in [-0.05, 0) is 58.6 Å². The number of benzene rings is 1. The summed E-state index contributed by atoms with van der Waals surface area (Å²) in [6, 6.07) is 8.63. The van der Waals surface area contributed by atoms with Gasteiger partial charge in [-0.2, -0.15) is 0 Å². The molecule has 1 aromatic carbocycles. The second-order valence-corrected chi connectivity index (χ2v) is 6.57. The molecule has 110 valence electrons. The van der Waals surface area contributed by atoms with Crippen LogP contribution in [0.15, 0.2) is 35.7 Å². The summed E-state index contributed by atoms with van der Waals surface area (Å²) in [7, 11) is 1.80. The molecule has 0 radical (unpaired) electrons. The molecule has 2 heteroatoms. The van der Waals surface area contributed by atoms with Gasteiger partial charge in [-0.25, -0.2) is 0 Å². The lowest BCUT2D eigenvalue weighted by Gasteiger charge is -2.42. The number of anilines is 1. The van der Waals surface area contributed by atoms with Gasteiger partial charge in [0.1, 0.15) is 5.76 Å². The number of para-hydroxylation sites is 1. The van der Waals surface area contributed by atoms with Crippen molar-refractivity contribution in [2.45, 2.75) is 58.9 Å².